The molecule has 0 unspecified atom stereocenters. The first-order valence-corrected chi connectivity index (χ1v) is 12.9. The lowest BCUT2D eigenvalue weighted by molar-refractivity contribution is 1.37. The maximum atomic E-state index is 5.11. The van der Waals surface area contributed by atoms with E-state index >= 15 is 0 Å². The molecule has 2 aromatic heterocycles. The second-order valence-corrected chi connectivity index (χ2v) is 9.84. The van der Waals surface area contributed by atoms with Crippen molar-refractivity contribution in [1.82, 2.24) is 9.97 Å². The van der Waals surface area contributed by atoms with Crippen LogP contribution in [0.2, 0.25) is 0 Å². The summed E-state index contributed by atoms with van der Waals surface area (Å²) in [6, 6.07) is 45.5. The molecule has 0 aliphatic rings. The van der Waals surface area contributed by atoms with Gasteiger partial charge in [-0.1, -0.05) is 103 Å². The van der Waals surface area contributed by atoms with Crippen molar-refractivity contribution in [3.05, 3.63) is 134 Å². The van der Waals surface area contributed by atoms with Crippen LogP contribution in [0.1, 0.15) is 0 Å². The number of rotatable bonds is 2. The highest BCUT2D eigenvalue weighted by atomic mass is 14.7. The number of hydrogen-bond donors (Lipinski definition) is 0. The Morgan fingerprint density at radius 1 is 0.368 bits per heavy atom. The number of nitrogens with zero attached hydrogens (tertiary/aromatic N) is 2. The van der Waals surface area contributed by atoms with E-state index in [1.165, 1.54) is 43.4 Å². The average molecular weight is 483 g/mol. The third-order valence-corrected chi connectivity index (χ3v) is 7.67. The molecular formula is C36H22N2. The van der Waals surface area contributed by atoms with E-state index in [9.17, 15) is 0 Å². The quantitative estimate of drug-likeness (QED) is 0.229. The summed E-state index contributed by atoms with van der Waals surface area (Å²) < 4.78 is 0. The molecule has 0 aliphatic heterocycles. The molecule has 0 saturated heterocycles. The molecule has 8 rings (SSSR count). The monoisotopic (exact) mass is 482 g/mol. The molecule has 0 saturated carbocycles. The number of aromatic nitrogens is 2. The summed E-state index contributed by atoms with van der Waals surface area (Å²) >= 11 is 0. The third-order valence-electron chi connectivity index (χ3n) is 7.67. The van der Waals surface area contributed by atoms with Crippen molar-refractivity contribution in [3.63, 3.8) is 0 Å². The van der Waals surface area contributed by atoms with Crippen LogP contribution in [0.3, 0.4) is 0 Å². The second kappa shape index (κ2) is 8.22. The molecule has 0 atom stereocenters. The van der Waals surface area contributed by atoms with Gasteiger partial charge in [-0.25, -0.2) is 4.98 Å². The van der Waals surface area contributed by atoms with E-state index in [1.807, 2.05) is 12.3 Å². The fourth-order valence-corrected chi connectivity index (χ4v) is 5.81. The summed E-state index contributed by atoms with van der Waals surface area (Å²) in [5, 5.41) is 9.80. The zero-order chi connectivity index (χ0) is 25.1. The minimum Gasteiger partial charge on any atom is -0.254 e. The molecule has 0 aliphatic carbocycles. The Morgan fingerprint density at radius 3 is 1.74 bits per heavy atom. The van der Waals surface area contributed by atoms with Gasteiger partial charge >= 0.3 is 0 Å². The molecule has 6 aromatic carbocycles. The maximum absolute atomic E-state index is 5.11. The Labute approximate surface area is 219 Å². The van der Waals surface area contributed by atoms with Crippen LogP contribution in [0.5, 0.6) is 0 Å². The van der Waals surface area contributed by atoms with E-state index < -0.39 is 0 Å². The zero-order valence-corrected chi connectivity index (χ0v) is 20.6. The predicted octanol–water partition coefficient (Wildman–Crippen LogP) is 9.58. The van der Waals surface area contributed by atoms with Crippen LogP contribution in [-0.2, 0) is 0 Å². The van der Waals surface area contributed by atoms with Gasteiger partial charge in [0.2, 0.25) is 0 Å². The lowest BCUT2D eigenvalue weighted by atomic mass is 9.91. The Kier molecular flexibility index (Phi) is 4.55. The van der Waals surface area contributed by atoms with Crippen LogP contribution < -0.4 is 0 Å². The molecule has 2 heterocycles. The first-order chi connectivity index (χ1) is 18.8. The maximum Gasteiger partial charge on any atom is 0.0972 e. The van der Waals surface area contributed by atoms with Crippen molar-refractivity contribution < 1.29 is 0 Å². The zero-order valence-electron chi connectivity index (χ0n) is 20.6. The van der Waals surface area contributed by atoms with Gasteiger partial charge in [-0.15, -0.1) is 0 Å². The number of hydrogen-bond acceptors (Lipinski definition) is 2. The van der Waals surface area contributed by atoms with Crippen molar-refractivity contribution in [2.75, 3.05) is 0 Å². The van der Waals surface area contributed by atoms with Gasteiger partial charge in [0.15, 0.2) is 0 Å². The van der Waals surface area contributed by atoms with Gasteiger partial charge in [0.05, 0.1) is 16.7 Å². The van der Waals surface area contributed by atoms with Gasteiger partial charge < -0.3 is 0 Å². The molecule has 8 aromatic rings. The molecule has 0 amide bonds. The number of pyridine rings is 2. The summed E-state index contributed by atoms with van der Waals surface area (Å²) in [4.78, 5) is 9.74. The van der Waals surface area contributed by atoms with E-state index in [-0.39, 0.29) is 0 Å². The summed E-state index contributed by atoms with van der Waals surface area (Å²) in [5.74, 6) is 0. The van der Waals surface area contributed by atoms with Crippen LogP contribution in [0.4, 0.5) is 0 Å². The van der Waals surface area contributed by atoms with E-state index in [2.05, 4.69) is 126 Å². The van der Waals surface area contributed by atoms with Gasteiger partial charge in [0, 0.05) is 22.5 Å². The van der Waals surface area contributed by atoms with E-state index in [1.54, 1.807) is 0 Å². The number of fused-ring (bicyclic) bond motifs is 9. The van der Waals surface area contributed by atoms with Crippen LogP contribution in [0, 0.1) is 0 Å². The Balaban J connectivity index is 1.38. The van der Waals surface area contributed by atoms with Crippen molar-refractivity contribution in [1.29, 1.82) is 0 Å². The minimum atomic E-state index is 0.942. The molecule has 0 N–H and O–H groups in total. The number of benzene rings is 6. The normalized spacial score (nSPS) is 11.7. The van der Waals surface area contributed by atoms with E-state index in [4.69, 9.17) is 4.98 Å². The second-order valence-electron chi connectivity index (χ2n) is 9.84. The summed E-state index contributed by atoms with van der Waals surface area (Å²) in [7, 11) is 0. The molecule has 0 fully saturated rings. The molecule has 2 heteroatoms. The van der Waals surface area contributed by atoms with Crippen LogP contribution in [0.25, 0.3) is 76.5 Å². The lowest BCUT2D eigenvalue weighted by Gasteiger charge is -2.13. The molecular weight excluding hydrogens is 460 g/mol. The predicted molar refractivity (Wildman–Crippen MR) is 160 cm³/mol. The average Bonchev–Trinajstić information content (AvgIpc) is 3.01. The van der Waals surface area contributed by atoms with Gasteiger partial charge in [-0.05, 0) is 67.7 Å². The molecule has 38 heavy (non-hydrogen) atoms. The van der Waals surface area contributed by atoms with Crippen molar-refractivity contribution in [3.8, 4) is 22.4 Å². The highest BCUT2D eigenvalue weighted by Crippen LogP contribution is 2.39. The molecule has 2 nitrogen and oxygen atoms in total. The standard InChI is InChI=1S/C36H22N2/c1-2-7-23(8-3-1)26-14-17-30-31-18-15-27(22-33(31)29-11-5-4-10-28(29)32(30)21-26)34-19-16-25-13-12-24-9-6-20-37-35(24)36(25)38-34/h1-22H. The highest BCUT2D eigenvalue weighted by molar-refractivity contribution is 6.26. The SMILES string of the molecule is c1ccc(-c2ccc3c4ccc(-c5ccc6ccc7cccnc7c6n5)cc4c4ccccc4c3c2)cc1. The molecule has 0 bridgehead atoms. The van der Waals surface area contributed by atoms with Gasteiger partial charge in [0.1, 0.15) is 0 Å². The van der Waals surface area contributed by atoms with E-state index in [0.29, 0.717) is 0 Å². The molecule has 0 spiro atoms. The molecule has 176 valence electrons. The summed E-state index contributed by atoms with van der Waals surface area (Å²) in [5.41, 5.74) is 6.42. The van der Waals surface area contributed by atoms with Gasteiger partial charge in [-0.3, -0.25) is 4.98 Å². The van der Waals surface area contributed by atoms with E-state index in [0.717, 1.165) is 33.1 Å². The highest BCUT2D eigenvalue weighted by Gasteiger charge is 2.12. The third kappa shape index (κ3) is 3.21. The largest absolute Gasteiger partial charge is 0.254 e. The first kappa shape index (κ1) is 21.0. The lowest BCUT2D eigenvalue weighted by Crippen LogP contribution is -1.90. The van der Waals surface area contributed by atoms with Gasteiger partial charge in [-0.2, -0.15) is 0 Å². The van der Waals surface area contributed by atoms with Crippen LogP contribution >= 0.6 is 0 Å². The van der Waals surface area contributed by atoms with Crippen molar-refractivity contribution in [2.24, 2.45) is 0 Å². The van der Waals surface area contributed by atoms with Crippen LogP contribution in [-0.4, -0.2) is 9.97 Å². The van der Waals surface area contributed by atoms with Gasteiger partial charge in [0.25, 0.3) is 0 Å². The summed E-state index contributed by atoms with van der Waals surface area (Å²) in [6.45, 7) is 0. The Morgan fingerprint density at radius 2 is 0.974 bits per heavy atom. The topological polar surface area (TPSA) is 25.8 Å². The first-order valence-electron chi connectivity index (χ1n) is 12.9. The minimum absolute atomic E-state index is 0.942. The molecule has 0 radical (unpaired) electrons. The fourth-order valence-electron chi connectivity index (χ4n) is 5.81. The smallest absolute Gasteiger partial charge is 0.0972 e. The summed E-state index contributed by atoms with van der Waals surface area (Å²) in [6.07, 6.45) is 1.84. The Hall–Kier alpha value is -5.08. The van der Waals surface area contributed by atoms with Crippen molar-refractivity contribution in [2.45, 2.75) is 0 Å². The van der Waals surface area contributed by atoms with Crippen LogP contribution in [0.15, 0.2) is 134 Å². The Bertz CT molecular complexity index is 2160. The fraction of sp³-hybridized carbons (Fsp3) is 0. The van der Waals surface area contributed by atoms with Crippen molar-refractivity contribution >= 4 is 54.1 Å².